The second kappa shape index (κ2) is 5.10. The molecule has 82 valence electrons. The lowest BCUT2D eigenvalue weighted by Crippen LogP contribution is -2.46. The van der Waals surface area contributed by atoms with Gasteiger partial charge in [0.15, 0.2) is 0 Å². The zero-order chi connectivity index (χ0) is 9.80. The van der Waals surface area contributed by atoms with Crippen LogP contribution < -0.4 is 16.4 Å². The van der Waals surface area contributed by atoms with Gasteiger partial charge in [-0.2, -0.15) is 0 Å². The number of hydrogen-bond donors (Lipinski definition) is 3. The van der Waals surface area contributed by atoms with E-state index < -0.39 is 0 Å². The van der Waals surface area contributed by atoms with Crippen molar-refractivity contribution < 1.29 is 0 Å². The lowest BCUT2D eigenvalue weighted by Gasteiger charge is -2.32. The molecule has 3 heteroatoms. The number of hydrogen-bond acceptors (Lipinski definition) is 3. The van der Waals surface area contributed by atoms with Crippen molar-refractivity contribution in [2.75, 3.05) is 13.1 Å². The van der Waals surface area contributed by atoms with E-state index in [9.17, 15) is 0 Å². The van der Waals surface area contributed by atoms with Gasteiger partial charge >= 0.3 is 0 Å². The quantitative estimate of drug-likeness (QED) is 0.607. The van der Waals surface area contributed by atoms with Crippen LogP contribution in [-0.2, 0) is 0 Å². The largest absolute Gasteiger partial charge is 0.328 e. The molecule has 1 saturated heterocycles. The first-order valence-corrected chi connectivity index (χ1v) is 6.07. The number of nitrogens with two attached hydrogens (primary N) is 1. The van der Waals surface area contributed by atoms with Crippen LogP contribution in [0, 0.1) is 0 Å². The first-order valence-electron chi connectivity index (χ1n) is 6.07. The summed E-state index contributed by atoms with van der Waals surface area (Å²) in [6, 6.07) is 1.98. The summed E-state index contributed by atoms with van der Waals surface area (Å²) in [5.74, 6) is 0. The minimum Gasteiger partial charge on any atom is -0.328 e. The fourth-order valence-corrected chi connectivity index (χ4v) is 2.61. The van der Waals surface area contributed by atoms with Gasteiger partial charge in [0.1, 0.15) is 0 Å². The van der Waals surface area contributed by atoms with E-state index in [1.807, 2.05) is 0 Å². The predicted octanol–water partition coefficient (Wildman–Crippen LogP) is 0.598. The molecule has 0 radical (unpaired) electrons. The van der Waals surface area contributed by atoms with E-state index >= 15 is 0 Å². The monoisotopic (exact) mass is 197 g/mol. The Kier molecular flexibility index (Phi) is 3.79. The molecule has 0 amide bonds. The van der Waals surface area contributed by atoms with Crippen molar-refractivity contribution in [3.63, 3.8) is 0 Å². The molecule has 2 aliphatic rings. The van der Waals surface area contributed by atoms with Crippen molar-refractivity contribution in [1.29, 1.82) is 0 Å². The molecule has 3 nitrogen and oxygen atoms in total. The molecule has 1 aliphatic heterocycles. The Morgan fingerprint density at radius 2 is 1.43 bits per heavy atom. The van der Waals surface area contributed by atoms with Crippen molar-refractivity contribution in [2.24, 2.45) is 5.73 Å². The molecule has 2 fully saturated rings. The Morgan fingerprint density at radius 3 is 2.07 bits per heavy atom. The normalized spacial score (nSPS) is 35.8. The minimum atomic E-state index is 0.473. The van der Waals surface area contributed by atoms with E-state index in [0.717, 1.165) is 12.1 Å². The van der Waals surface area contributed by atoms with E-state index in [-0.39, 0.29) is 0 Å². The highest BCUT2D eigenvalue weighted by molar-refractivity contribution is 4.83. The molecule has 14 heavy (non-hydrogen) atoms. The number of piperidine rings is 1. The van der Waals surface area contributed by atoms with Crippen LogP contribution in [0.5, 0.6) is 0 Å². The highest BCUT2D eigenvalue weighted by Gasteiger charge is 2.21. The summed E-state index contributed by atoms with van der Waals surface area (Å²) in [6.07, 6.45) is 7.58. The van der Waals surface area contributed by atoms with Crippen molar-refractivity contribution in [2.45, 2.75) is 56.7 Å². The van der Waals surface area contributed by atoms with E-state index in [4.69, 9.17) is 5.73 Å². The van der Waals surface area contributed by atoms with Crippen LogP contribution in [0.3, 0.4) is 0 Å². The molecule has 1 aliphatic carbocycles. The van der Waals surface area contributed by atoms with Gasteiger partial charge in [-0.25, -0.2) is 0 Å². The van der Waals surface area contributed by atoms with E-state index in [2.05, 4.69) is 10.6 Å². The van der Waals surface area contributed by atoms with Gasteiger partial charge in [0, 0.05) is 18.1 Å². The van der Waals surface area contributed by atoms with Crippen molar-refractivity contribution in [3.8, 4) is 0 Å². The summed E-state index contributed by atoms with van der Waals surface area (Å²) in [5, 5.41) is 7.18. The molecule has 0 aromatic carbocycles. The molecule has 2 rings (SSSR count). The van der Waals surface area contributed by atoms with E-state index in [1.165, 1.54) is 51.6 Å². The van der Waals surface area contributed by atoms with Gasteiger partial charge in [-0.05, 0) is 51.6 Å². The highest BCUT2D eigenvalue weighted by atomic mass is 15.0. The Labute approximate surface area is 86.8 Å². The Morgan fingerprint density at radius 1 is 0.857 bits per heavy atom. The van der Waals surface area contributed by atoms with Gasteiger partial charge in [0.05, 0.1) is 0 Å². The average Bonchev–Trinajstić information content (AvgIpc) is 2.23. The first-order chi connectivity index (χ1) is 6.84. The maximum absolute atomic E-state index is 5.89. The standard InChI is InChI=1S/C11H23N3/c12-9-1-3-10(4-2-9)14-11-5-7-13-8-6-11/h9-11,13-14H,1-8,12H2. The van der Waals surface area contributed by atoms with Crippen molar-refractivity contribution in [1.82, 2.24) is 10.6 Å². The SMILES string of the molecule is NC1CCC(NC2CCNCC2)CC1. The van der Waals surface area contributed by atoms with Crippen molar-refractivity contribution in [3.05, 3.63) is 0 Å². The van der Waals surface area contributed by atoms with Gasteiger partial charge < -0.3 is 16.4 Å². The molecule has 0 aromatic rings. The lowest BCUT2D eigenvalue weighted by atomic mass is 9.90. The summed E-state index contributed by atoms with van der Waals surface area (Å²) in [5.41, 5.74) is 5.89. The van der Waals surface area contributed by atoms with Crippen LogP contribution >= 0.6 is 0 Å². The third-order valence-corrected chi connectivity index (χ3v) is 3.58. The third-order valence-electron chi connectivity index (χ3n) is 3.58. The van der Waals surface area contributed by atoms with E-state index in [1.54, 1.807) is 0 Å². The average molecular weight is 197 g/mol. The maximum Gasteiger partial charge on any atom is 0.00938 e. The second-order valence-electron chi connectivity index (χ2n) is 4.80. The molecule has 1 saturated carbocycles. The molecular weight excluding hydrogens is 174 g/mol. The van der Waals surface area contributed by atoms with Crippen LogP contribution in [0.25, 0.3) is 0 Å². The molecular formula is C11H23N3. The molecule has 1 heterocycles. The second-order valence-corrected chi connectivity index (χ2v) is 4.80. The summed E-state index contributed by atoms with van der Waals surface area (Å²) < 4.78 is 0. The smallest absolute Gasteiger partial charge is 0.00938 e. The fourth-order valence-electron chi connectivity index (χ4n) is 2.61. The van der Waals surface area contributed by atoms with E-state index in [0.29, 0.717) is 6.04 Å². The predicted molar refractivity (Wildman–Crippen MR) is 59.3 cm³/mol. The number of nitrogens with one attached hydrogen (secondary N) is 2. The number of rotatable bonds is 2. The summed E-state index contributed by atoms with van der Waals surface area (Å²) in [7, 11) is 0. The summed E-state index contributed by atoms with van der Waals surface area (Å²) >= 11 is 0. The van der Waals surface area contributed by atoms with Crippen LogP contribution in [0.2, 0.25) is 0 Å². The molecule has 0 aromatic heterocycles. The lowest BCUT2D eigenvalue weighted by molar-refractivity contribution is 0.284. The zero-order valence-electron chi connectivity index (χ0n) is 8.97. The van der Waals surface area contributed by atoms with Gasteiger partial charge in [-0.15, -0.1) is 0 Å². The van der Waals surface area contributed by atoms with Crippen LogP contribution in [0.4, 0.5) is 0 Å². The van der Waals surface area contributed by atoms with Gasteiger partial charge in [0.2, 0.25) is 0 Å². The summed E-state index contributed by atoms with van der Waals surface area (Å²) in [4.78, 5) is 0. The summed E-state index contributed by atoms with van der Waals surface area (Å²) in [6.45, 7) is 2.37. The van der Waals surface area contributed by atoms with Gasteiger partial charge in [-0.3, -0.25) is 0 Å². The molecule has 0 unspecified atom stereocenters. The van der Waals surface area contributed by atoms with Crippen LogP contribution in [0.15, 0.2) is 0 Å². The minimum absolute atomic E-state index is 0.473. The van der Waals surface area contributed by atoms with Gasteiger partial charge in [0.25, 0.3) is 0 Å². The maximum atomic E-state index is 5.89. The Hall–Kier alpha value is -0.120. The fraction of sp³-hybridized carbons (Fsp3) is 1.00. The Balaban J connectivity index is 1.68. The topological polar surface area (TPSA) is 50.1 Å². The van der Waals surface area contributed by atoms with Crippen LogP contribution in [-0.4, -0.2) is 31.2 Å². The zero-order valence-corrected chi connectivity index (χ0v) is 8.97. The molecule has 0 atom stereocenters. The third kappa shape index (κ3) is 2.94. The first kappa shape index (κ1) is 10.4. The molecule has 0 bridgehead atoms. The highest BCUT2D eigenvalue weighted by Crippen LogP contribution is 2.18. The van der Waals surface area contributed by atoms with Gasteiger partial charge in [-0.1, -0.05) is 0 Å². The molecule has 0 spiro atoms. The Bertz CT molecular complexity index is 158. The van der Waals surface area contributed by atoms with Crippen LogP contribution in [0.1, 0.15) is 38.5 Å². The van der Waals surface area contributed by atoms with Crippen molar-refractivity contribution >= 4 is 0 Å². The molecule has 4 N–H and O–H groups in total.